The maximum atomic E-state index is 11.1. The predicted octanol–water partition coefficient (Wildman–Crippen LogP) is 3.12. The lowest BCUT2D eigenvalue weighted by Crippen LogP contribution is -2.15. The highest BCUT2D eigenvalue weighted by Gasteiger charge is 2.44. The van der Waals surface area contributed by atoms with Gasteiger partial charge in [0.25, 0.3) is 0 Å². The van der Waals surface area contributed by atoms with Gasteiger partial charge in [-0.3, -0.25) is 0 Å². The zero-order valence-electron chi connectivity index (χ0n) is 10.9. The predicted molar refractivity (Wildman–Crippen MR) is 71.5 cm³/mol. The van der Waals surface area contributed by atoms with Crippen LogP contribution in [0.25, 0.3) is 11.0 Å². The van der Waals surface area contributed by atoms with Gasteiger partial charge in [-0.1, -0.05) is 0 Å². The summed E-state index contributed by atoms with van der Waals surface area (Å²) < 4.78 is 2.31. The molecule has 98 valence electrons. The van der Waals surface area contributed by atoms with Crippen LogP contribution >= 0.6 is 0 Å². The van der Waals surface area contributed by atoms with Crippen molar-refractivity contribution in [1.29, 1.82) is 0 Å². The summed E-state index contributed by atoms with van der Waals surface area (Å²) >= 11 is 0. The van der Waals surface area contributed by atoms with E-state index in [1.165, 1.54) is 12.8 Å². The van der Waals surface area contributed by atoms with Crippen molar-refractivity contribution in [3.05, 3.63) is 29.6 Å². The van der Waals surface area contributed by atoms with Crippen LogP contribution in [-0.4, -0.2) is 20.6 Å². The maximum Gasteiger partial charge on any atom is 0.335 e. The number of benzene rings is 1. The lowest BCUT2D eigenvalue weighted by Gasteiger charge is -2.16. The summed E-state index contributed by atoms with van der Waals surface area (Å²) in [5, 5.41) is 9.15. The number of hydrogen-bond acceptors (Lipinski definition) is 2. The minimum Gasteiger partial charge on any atom is -0.478 e. The van der Waals surface area contributed by atoms with Gasteiger partial charge in [0.15, 0.2) is 0 Å². The lowest BCUT2D eigenvalue weighted by atomic mass is 10.2. The Labute approximate surface area is 111 Å². The van der Waals surface area contributed by atoms with Crippen LogP contribution in [0, 0.1) is 0 Å². The van der Waals surface area contributed by atoms with Gasteiger partial charge in [-0.05, 0) is 50.8 Å². The molecule has 0 amide bonds. The average molecular weight is 256 g/mol. The van der Waals surface area contributed by atoms with E-state index in [4.69, 9.17) is 10.1 Å². The summed E-state index contributed by atoms with van der Waals surface area (Å²) in [5.74, 6) is 0.874. The van der Waals surface area contributed by atoms with Crippen LogP contribution in [-0.2, 0) is 5.54 Å². The molecule has 0 bridgehead atoms. The Hall–Kier alpha value is -1.84. The van der Waals surface area contributed by atoms with Crippen LogP contribution in [0.2, 0.25) is 0 Å². The smallest absolute Gasteiger partial charge is 0.335 e. The van der Waals surface area contributed by atoms with Crippen molar-refractivity contribution in [2.75, 3.05) is 0 Å². The number of hydrogen-bond donors (Lipinski definition) is 1. The van der Waals surface area contributed by atoms with Crippen molar-refractivity contribution < 1.29 is 9.90 Å². The third-order valence-corrected chi connectivity index (χ3v) is 4.38. The van der Waals surface area contributed by atoms with Gasteiger partial charge in [0.05, 0.1) is 16.6 Å². The molecular weight excluding hydrogens is 240 g/mol. The summed E-state index contributed by atoms with van der Waals surface area (Å²) in [5.41, 5.74) is 2.42. The number of aromatic nitrogens is 2. The standard InChI is InChI=1S/C15H16N2O2/c1-15(6-7-15)17-12-8-10(14(18)19)4-5-11(12)16-13(17)9-2-3-9/h4-5,8-9H,2-3,6-7H2,1H3,(H,18,19). The van der Waals surface area contributed by atoms with Crippen LogP contribution in [0.1, 0.15) is 54.7 Å². The first-order valence-electron chi connectivity index (χ1n) is 6.85. The molecule has 0 atom stereocenters. The molecule has 0 unspecified atom stereocenters. The van der Waals surface area contributed by atoms with Gasteiger partial charge in [0.1, 0.15) is 5.82 Å². The number of rotatable bonds is 3. The summed E-state index contributed by atoms with van der Waals surface area (Å²) in [6.45, 7) is 2.24. The van der Waals surface area contributed by atoms with E-state index in [0.717, 1.165) is 29.7 Å². The highest BCUT2D eigenvalue weighted by Crippen LogP contribution is 2.50. The van der Waals surface area contributed by atoms with E-state index in [9.17, 15) is 4.79 Å². The fourth-order valence-electron chi connectivity index (χ4n) is 2.81. The molecule has 1 N–H and O–H groups in total. The number of fused-ring (bicyclic) bond motifs is 1. The largest absolute Gasteiger partial charge is 0.478 e. The Morgan fingerprint density at radius 3 is 2.74 bits per heavy atom. The minimum atomic E-state index is -0.872. The van der Waals surface area contributed by atoms with E-state index >= 15 is 0 Å². The average Bonchev–Trinajstić information content (AvgIpc) is 3.29. The van der Waals surface area contributed by atoms with Gasteiger partial charge in [-0.25, -0.2) is 9.78 Å². The molecule has 1 aromatic carbocycles. The Morgan fingerprint density at radius 2 is 2.16 bits per heavy atom. The van der Waals surface area contributed by atoms with Crippen molar-refractivity contribution in [3.63, 3.8) is 0 Å². The van der Waals surface area contributed by atoms with Crippen molar-refractivity contribution in [1.82, 2.24) is 9.55 Å². The molecule has 1 aromatic heterocycles. The molecule has 0 radical (unpaired) electrons. The van der Waals surface area contributed by atoms with Crippen LogP contribution in [0.4, 0.5) is 0 Å². The fourth-order valence-corrected chi connectivity index (χ4v) is 2.81. The van der Waals surface area contributed by atoms with Gasteiger partial charge in [0.2, 0.25) is 0 Å². The number of imidazole rings is 1. The molecule has 4 rings (SSSR count). The molecule has 0 spiro atoms. The number of carbonyl (C=O) groups is 1. The molecular formula is C15H16N2O2. The minimum absolute atomic E-state index is 0.157. The van der Waals surface area contributed by atoms with Crippen molar-refractivity contribution >= 4 is 17.0 Å². The molecule has 0 saturated heterocycles. The first-order chi connectivity index (χ1) is 9.08. The molecule has 1 heterocycles. The van der Waals surface area contributed by atoms with Crippen molar-refractivity contribution in [2.24, 2.45) is 0 Å². The quantitative estimate of drug-likeness (QED) is 0.918. The highest BCUT2D eigenvalue weighted by atomic mass is 16.4. The highest BCUT2D eigenvalue weighted by molar-refractivity contribution is 5.92. The van der Waals surface area contributed by atoms with E-state index in [2.05, 4.69) is 11.5 Å². The van der Waals surface area contributed by atoms with E-state index in [0.29, 0.717) is 11.5 Å². The molecule has 2 fully saturated rings. The van der Waals surface area contributed by atoms with Crippen LogP contribution in [0.3, 0.4) is 0 Å². The third-order valence-electron chi connectivity index (χ3n) is 4.38. The zero-order chi connectivity index (χ0) is 13.2. The number of carboxylic acid groups (broad SMARTS) is 1. The van der Waals surface area contributed by atoms with Gasteiger partial charge >= 0.3 is 5.97 Å². The summed E-state index contributed by atoms with van der Waals surface area (Å²) in [7, 11) is 0. The van der Waals surface area contributed by atoms with Crippen LogP contribution in [0.5, 0.6) is 0 Å². The van der Waals surface area contributed by atoms with Crippen molar-refractivity contribution in [2.45, 2.75) is 44.1 Å². The molecule has 4 heteroatoms. The summed E-state index contributed by atoms with van der Waals surface area (Å²) in [4.78, 5) is 15.9. The van der Waals surface area contributed by atoms with E-state index in [-0.39, 0.29) is 5.54 Å². The van der Waals surface area contributed by atoms with E-state index in [1.54, 1.807) is 12.1 Å². The first-order valence-corrected chi connectivity index (χ1v) is 6.85. The van der Waals surface area contributed by atoms with E-state index < -0.39 is 5.97 Å². The van der Waals surface area contributed by atoms with Gasteiger partial charge in [-0.15, -0.1) is 0 Å². The lowest BCUT2D eigenvalue weighted by molar-refractivity contribution is 0.0697. The molecule has 19 heavy (non-hydrogen) atoms. The molecule has 4 nitrogen and oxygen atoms in total. The van der Waals surface area contributed by atoms with E-state index in [1.807, 2.05) is 6.07 Å². The molecule has 0 aliphatic heterocycles. The van der Waals surface area contributed by atoms with Gasteiger partial charge < -0.3 is 9.67 Å². The Balaban J connectivity index is 1.99. The second-order valence-corrected chi connectivity index (χ2v) is 6.09. The number of carboxylic acids is 1. The molecule has 2 aliphatic carbocycles. The second kappa shape index (κ2) is 3.38. The first kappa shape index (κ1) is 11.0. The maximum absolute atomic E-state index is 11.1. The van der Waals surface area contributed by atoms with Gasteiger partial charge in [-0.2, -0.15) is 0 Å². The molecule has 2 aromatic rings. The number of aromatic carboxylic acids is 1. The zero-order valence-corrected chi connectivity index (χ0v) is 10.9. The van der Waals surface area contributed by atoms with Crippen LogP contribution < -0.4 is 0 Å². The van der Waals surface area contributed by atoms with Crippen LogP contribution in [0.15, 0.2) is 18.2 Å². The SMILES string of the molecule is CC1(n2c(C3CC3)nc3ccc(C(=O)O)cc32)CC1. The molecule has 2 aliphatic rings. The third kappa shape index (κ3) is 1.59. The number of nitrogens with zero attached hydrogens (tertiary/aromatic N) is 2. The molecule has 2 saturated carbocycles. The second-order valence-electron chi connectivity index (χ2n) is 6.09. The van der Waals surface area contributed by atoms with Gasteiger partial charge in [0, 0.05) is 11.5 Å². The Kier molecular flexibility index (Phi) is 1.96. The van der Waals surface area contributed by atoms with Crippen molar-refractivity contribution in [3.8, 4) is 0 Å². The summed E-state index contributed by atoms with van der Waals surface area (Å²) in [6.07, 6.45) is 4.75. The fraction of sp³-hybridized carbons (Fsp3) is 0.467. The topological polar surface area (TPSA) is 55.1 Å². The Bertz CT molecular complexity index is 693. The normalized spacial score (nSPS) is 20.7. The summed E-state index contributed by atoms with van der Waals surface area (Å²) in [6, 6.07) is 5.26. The Morgan fingerprint density at radius 1 is 1.42 bits per heavy atom. The monoisotopic (exact) mass is 256 g/mol.